The Bertz CT molecular complexity index is 227. The van der Waals surface area contributed by atoms with Crippen molar-refractivity contribution in [3.8, 4) is 0 Å². The van der Waals surface area contributed by atoms with E-state index in [4.69, 9.17) is 0 Å². The highest BCUT2D eigenvalue weighted by Crippen LogP contribution is 2.06. The highest BCUT2D eigenvalue weighted by molar-refractivity contribution is 7.84. The zero-order valence-electron chi connectivity index (χ0n) is 8.71. The predicted octanol–water partition coefficient (Wildman–Crippen LogP) is -0.521. The molecular weight excluding hydrogens is 200 g/mol. The largest absolute Gasteiger partial charge is 0.355 e. The minimum Gasteiger partial charge on any atom is -0.355 e. The molecule has 1 fully saturated rings. The Labute approximate surface area is 87.3 Å². The molecule has 82 valence electrons. The van der Waals surface area contributed by atoms with E-state index in [1.807, 2.05) is 6.92 Å². The Morgan fingerprint density at radius 2 is 2.43 bits per heavy atom. The molecule has 5 heteroatoms. The fourth-order valence-electron chi connectivity index (χ4n) is 1.38. The molecule has 0 radical (unpaired) electrons. The van der Waals surface area contributed by atoms with Crippen LogP contribution < -0.4 is 10.6 Å². The van der Waals surface area contributed by atoms with Crippen LogP contribution in [0.4, 0.5) is 0 Å². The monoisotopic (exact) mass is 218 g/mol. The van der Waals surface area contributed by atoms with Gasteiger partial charge in [-0.1, -0.05) is 0 Å². The number of carbonyl (C=O) groups is 1. The molecule has 4 nitrogen and oxygen atoms in total. The summed E-state index contributed by atoms with van der Waals surface area (Å²) in [6.45, 7) is 4.09. The molecule has 0 saturated carbocycles. The first-order valence-corrected chi connectivity index (χ1v) is 6.54. The zero-order valence-corrected chi connectivity index (χ0v) is 9.52. The lowest BCUT2D eigenvalue weighted by atomic mass is 10.1. The van der Waals surface area contributed by atoms with E-state index in [9.17, 15) is 9.00 Å². The Balaban J connectivity index is 2.23. The molecule has 0 aromatic rings. The van der Waals surface area contributed by atoms with Gasteiger partial charge in [0.2, 0.25) is 5.91 Å². The van der Waals surface area contributed by atoms with Crippen molar-refractivity contribution >= 4 is 16.7 Å². The maximum Gasteiger partial charge on any atom is 0.224 e. The molecule has 0 spiro atoms. The van der Waals surface area contributed by atoms with Crippen molar-refractivity contribution in [1.29, 1.82) is 0 Å². The van der Waals surface area contributed by atoms with Crippen LogP contribution in [0.5, 0.6) is 0 Å². The highest BCUT2D eigenvalue weighted by Gasteiger charge is 2.22. The molecule has 2 N–H and O–H groups in total. The Morgan fingerprint density at radius 1 is 1.71 bits per heavy atom. The van der Waals surface area contributed by atoms with Crippen LogP contribution in [-0.4, -0.2) is 41.3 Å². The van der Waals surface area contributed by atoms with Gasteiger partial charge in [-0.15, -0.1) is 0 Å². The van der Waals surface area contributed by atoms with Crippen LogP contribution in [0.15, 0.2) is 0 Å². The standard InChI is InChI=1S/C9H18N2O2S/c1-7(14(2)13)5-11-9(12)8-3-4-10-6-8/h7-8,10H,3-6H2,1-2H3,(H,11,12). The van der Waals surface area contributed by atoms with E-state index in [-0.39, 0.29) is 17.1 Å². The van der Waals surface area contributed by atoms with Gasteiger partial charge in [0.1, 0.15) is 0 Å². The lowest BCUT2D eigenvalue weighted by Gasteiger charge is -2.12. The molecule has 1 amide bonds. The van der Waals surface area contributed by atoms with Gasteiger partial charge >= 0.3 is 0 Å². The minimum absolute atomic E-state index is 0.0355. The zero-order chi connectivity index (χ0) is 10.6. The molecule has 1 heterocycles. The summed E-state index contributed by atoms with van der Waals surface area (Å²) in [5.74, 6) is 0.194. The van der Waals surface area contributed by atoms with E-state index in [1.54, 1.807) is 6.26 Å². The van der Waals surface area contributed by atoms with E-state index in [1.165, 1.54) is 0 Å². The summed E-state index contributed by atoms with van der Waals surface area (Å²) in [5.41, 5.74) is 0. The first kappa shape index (κ1) is 11.7. The Morgan fingerprint density at radius 3 is 2.93 bits per heavy atom. The quantitative estimate of drug-likeness (QED) is 0.667. The molecule has 1 saturated heterocycles. The molecule has 0 aliphatic carbocycles. The number of hydrogen-bond acceptors (Lipinski definition) is 3. The van der Waals surface area contributed by atoms with Crippen LogP contribution in [-0.2, 0) is 15.6 Å². The summed E-state index contributed by atoms with van der Waals surface area (Å²) in [6.07, 6.45) is 2.57. The number of amides is 1. The second kappa shape index (κ2) is 5.46. The normalized spacial score (nSPS) is 25.7. The maximum absolute atomic E-state index is 11.5. The van der Waals surface area contributed by atoms with Gasteiger partial charge in [-0.3, -0.25) is 9.00 Å². The third kappa shape index (κ3) is 3.38. The van der Waals surface area contributed by atoms with Gasteiger partial charge in [0, 0.05) is 35.4 Å². The van der Waals surface area contributed by atoms with Crippen LogP contribution in [0.3, 0.4) is 0 Å². The van der Waals surface area contributed by atoms with E-state index in [0.717, 1.165) is 19.5 Å². The van der Waals surface area contributed by atoms with Gasteiger partial charge in [0.05, 0.1) is 5.92 Å². The number of carbonyl (C=O) groups excluding carboxylic acids is 1. The van der Waals surface area contributed by atoms with Crippen LogP contribution in [0, 0.1) is 5.92 Å². The van der Waals surface area contributed by atoms with Gasteiger partial charge in [0.25, 0.3) is 0 Å². The van der Waals surface area contributed by atoms with E-state index in [0.29, 0.717) is 6.54 Å². The van der Waals surface area contributed by atoms with Gasteiger partial charge < -0.3 is 10.6 Å². The van der Waals surface area contributed by atoms with E-state index < -0.39 is 10.8 Å². The first-order valence-electron chi connectivity index (χ1n) is 4.92. The summed E-state index contributed by atoms with van der Waals surface area (Å²) >= 11 is 0. The average Bonchev–Trinajstić information content (AvgIpc) is 2.66. The number of rotatable bonds is 4. The van der Waals surface area contributed by atoms with Crippen LogP contribution >= 0.6 is 0 Å². The predicted molar refractivity (Wildman–Crippen MR) is 57.5 cm³/mol. The van der Waals surface area contributed by atoms with Gasteiger partial charge in [-0.25, -0.2) is 0 Å². The average molecular weight is 218 g/mol. The van der Waals surface area contributed by atoms with Crippen LogP contribution in [0.1, 0.15) is 13.3 Å². The van der Waals surface area contributed by atoms with E-state index >= 15 is 0 Å². The highest BCUT2D eigenvalue weighted by atomic mass is 32.2. The third-order valence-electron chi connectivity index (χ3n) is 2.56. The van der Waals surface area contributed by atoms with E-state index in [2.05, 4.69) is 10.6 Å². The molecule has 1 rings (SSSR count). The number of hydrogen-bond donors (Lipinski definition) is 2. The molecule has 3 unspecified atom stereocenters. The fraction of sp³-hybridized carbons (Fsp3) is 0.889. The van der Waals surface area contributed by atoms with Crippen molar-refractivity contribution in [3.05, 3.63) is 0 Å². The van der Waals surface area contributed by atoms with Crippen molar-refractivity contribution in [2.75, 3.05) is 25.9 Å². The summed E-state index contributed by atoms with van der Waals surface area (Å²) in [4.78, 5) is 11.5. The molecule has 0 bridgehead atoms. The topological polar surface area (TPSA) is 58.2 Å². The molecule has 1 aliphatic rings. The molecule has 1 aliphatic heterocycles. The second-order valence-electron chi connectivity index (χ2n) is 3.74. The second-order valence-corrected chi connectivity index (χ2v) is 5.55. The number of nitrogens with one attached hydrogen (secondary N) is 2. The maximum atomic E-state index is 11.5. The molecule has 3 atom stereocenters. The smallest absolute Gasteiger partial charge is 0.224 e. The van der Waals surface area contributed by atoms with Crippen LogP contribution in [0.25, 0.3) is 0 Å². The lowest BCUT2D eigenvalue weighted by Crippen LogP contribution is -2.37. The van der Waals surface area contributed by atoms with Gasteiger partial charge in [-0.05, 0) is 19.9 Å². The Kier molecular flexibility index (Phi) is 4.54. The summed E-state index contributed by atoms with van der Waals surface area (Å²) in [7, 11) is -0.859. The fourth-order valence-corrected chi connectivity index (χ4v) is 1.70. The van der Waals surface area contributed by atoms with Crippen molar-refractivity contribution < 1.29 is 9.00 Å². The molecule has 0 aromatic heterocycles. The van der Waals surface area contributed by atoms with Gasteiger partial charge in [0.15, 0.2) is 0 Å². The van der Waals surface area contributed by atoms with Crippen molar-refractivity contribution in [2.45, 2.75) is 18.6 Å². The molecule has 0 aromatic carbocycles. The lowest BCUT2D eigenvalue weighted by molar-refractivity contribution is -0.124. The summed E-state index contributed by atoms with van der Waals surface area (Å²) < 4.78 is 11.0. The van der Waals surface area contributed by atoms with Crippen molar-refractivity contribution in [1.82, 2.24) is 10.6 Å². The first-order chi connectivity index (χ1) is 6.61. The molecular formula is C9H18N2O2S. The van der Waals surface area contributed by atoms with Crippen molar-refractivity contribution in [3.63, 3.8) is 0 Å². The van der Waals surface area contributed by atoms with Gasteiger partial charge in [-0.2, -0.15) is 0 Å². The van der Waals surface area contributed by atoms with Crippen molar-refractivity contribution in [2.24, 2.45) is 5.92 Å². The third-order valence-corrected chi connectivity index (χ3v) is 3.86. The SMILES string of the molecule is CC(CNC(=O)C1CCNC1)S(C)=O. The summed E-state index contributed by atoms with van der Waals surface area (Å²) in [6, 6.07) is 0. The Hall–Kier alpha value is -0.420. The summed E-state index contributed by atoms with van der Waals surface area (Å²) in [5, 5.41) is 6.01. The molecule has 14 heavy (non-hydrogen) atoms. The van der Waals surface area contributed by atoms with Crippen LogP contribution in [0.2, 0.25) is 0 Å². The minimum atomic E-state index is -0.859.